The third-order valence-electron chi connectivity index (χ3n) is 6.21. The molecule has 1 N–H and O–H groups in total. The first-order valence-electron chi connectivity index (χ1n) is 12.0. The highest BCUT2D eigenvalue weighted by atomic mass is 32.2. The second-order valence-electron chi connectivity index (χ2n) is 8.96. The van der Waals surface area contributed by atoms with Crippen LogP contribution in [0.3, 0.4) is 0 Å². The topological polar surface area (TPSA) is 150 Å². The Morgan fingerprint density at radius 1 is 1.00 bits per heavy atom. The standard InChI is InChI=1S/C25H27N3O8S3/c1-28-16-10-9-14(23(31)35-2)11-18(16)38-25(28)27-20(30)13-39(33,34)12-19(29)26-22-21(24(32)36-3)15-7-5-4-6-8-17(15)37-22/h9-11H,4-8,12-13H2,1-3H3,(H,26,29). The lowest BCUT2D eigenvalue weighted by Crippen LogP contribution is -2.28. The summed E-state index contributed by atoms with van der Waals surface area (Å²) in [4.78, 5) is 54.6. The molecule has 2 aromatic heterocycles. The summed E-state index contributed by atoms with van der Waals surface area (Å²) in [6.07, 6.45) is 4.36. The average Bonchev–Trinajstić information content (AvgIpc) is 3.26. The molecule has 0 saturated heterocycles. The van der Waals surface area contributed by atoms with Gasteiger partial charge < -0.3 is 19.4 Å². The molecule has 1 aliphatic rings. The maximum atomic E-state index is 12.7. The van der Waals surface area contributed by atoms with Crippen molar-refractivity contribution in [3.05, 3.63) is 44.6 Å². The summed E-state index contributed by atoms with van der Waals surface area (Å²) in [5, 5.41) is 2.80. The lowest BCUT2D eigenvalue weighted by Gasteiger charge is -2.07. The van der Waals surface area contributed by atoms with Crippen molar-refractivity contribution in [1.29, 1.82) is 0 Å². The van der Waals surface area contributed by atoms with Crippen molar-refractivity contribution in [2.75, 3.05) is 31.0 Å². The molecular formula is C25H27N3O8S3. The minimum atomic E-state index is -4.16. The molecule has 0 saturated carbocycles. The predicted molar refractivity (Wildman–Crippen MR) is 147 cm³/mol. The fourth-order valence-corrected chi connectivity index (χ4v) is 7.76. The number of aromatic nitrogens is 1. The third-order valence-corrected chi connectivity index (χ3v) is 9.90. The van der Waals surface area contributed by atoms with Crippen LogP contribution in [0.15, 0.2) is 23.2 Å². The molecule has 0 unspecified atom stereocenters. The summed E-state index contributed by atoms with van der Waals surface area (Å²) >= 11 is 2.36. The Morgan fingerprint density at radius 2 is 1.72 bits per heavy atom. The number of aryl methyl sites for hydroxylation is 2. The minimum absolute atomic E-state index is 0.236. The molecule has 14 heteroatoms. The second-order valence-corrected chi connectivity index (χ2v) is 13.1. The van der Waals surface area contributed by atoms with Crippen LogP contribution in [0.4, 0.5) is 5.00 Å². The van der Waals surface area contributed by atoms with E-state index in [1.54, 1.807) is 29.8 Å². The predicted octanol–water partition coefficient (Wildman–Crippen LogP) is 2.62. The van der Waals surface area contributed by atoms with Crippen LogP contribution >= 0.6 is 22.7 Å². The second kappa shape index (κ2) is 11.8. The van der Waals surface area contributed by atoms with Gasteiger partial charge in [0.1, 0.15) is 16.5 Å². The summed E-state index contributed by atoms with van der Waals surface area (Å²) in [7, 11) is 0.0199. The largest absolute Gasteiger partial charge is 0.465 e. The Morgan fingerprint density at radius 3 is 2.44 bits per heavy atom. The molecule has 2 heterocycles. The van der Waals surface area contributed by atoms with E-state index >= 15 is 0 Å². The van der Waals surface area contributed by atoms with E-state index in [4.69, 9.17) is 9.47 Å². The van der Waals surface area contributed by atoms with Crippen molar-refractivity contribution in [1.82, 2.24) is 4.57 Å². The number of thiazole rings is 1. The number of rotatable bonds is 7. The number of benzene rings is 1. The average molecular weight is 594 g/mol. The number of carbonyl (C=O) groups excluding carboxylic acids is 4. The number of anilines is 1. The van der Waals surface area contributed by atoms with Gasteiger partial charge in [0, 0.05) is 11.9 Å². The first-order valence-corrected chi connectivity index (χ1v) is 15.5. The minimum Gasteiger partial charge on any atom is -0.465 e. The van der Waals surface area contributed by atoms with E-state index in [2.05, 4.69) is 10.3 Å². The van der Waals surface area contributed by atoms with Crippen LogP contribution in [0.1, 0.15) is 50.4 Å². The van der Waals surface area contributed by atoms with Crippen LogP contribution in [-0.2, 0) is 48.8 Å². The molecule has 0 radical (unpaired) electrons. The fourth-order valence-electron chi connectivity index (χ4n) is 4.37. The number of nitrogens with one attached hydrogen (secondary N) is 1. The summed E-state index contributed by atoms with van der Waals surface area (Å²) < 4.78 is 37.2. The quantitative estimate of drug-likeness (QED) is 0.324. The normalized spacial score (nSPS) is 14.0. The van der Waals surface area contributed by atoms with Crippen LogP contribution < -0.4 is 10.1 Å². The summed E-state index contributed by atoms with van der Waals surface area (Å²) in [5.41, 5.74) is 2.13. The molecule has 1 aromatic carbocycles. The summed E-state index contributed by atoms with van der Waals surface area (Å²) in [6, 6.07) is 4.85. The third kappa shape index (κ3) is 6.45. The zero-order valence-electron chi connectivity index (χ0n) is 21.6. The van der Waals surface area contributed by atoms with Crippen molar-refractivity contribution >= 4 is 71.5 Å². The molecule has 3 aromatic rings. The van der Waals surface area contributed by atoms with Crippen molar-refractivity contribution in [3.8, 4) is 0 Å². The highest BCUT2D eigenvalue weighted by Gasteiger charge is 2.28. The molecule has 0 spiro atoms. The van der Waals surface area contributed by atoms with Gasteiger partial charge in [-0.25, -0.2) is 18.0 Å². The molecule has 0 fully saturated rings. The molecule has 39 heavy (non-hydrogen) atoms. The molecule has 0 aliphatic heterocycles. The number of thiophene rings is 1. The molecular weight excluding hydrogens is 566 g/mol. The molecule has 208 valence electrons. The number of methoxy groups -OCH3 is 2. The van der Waals surface area contributed by atoms with E-state index < -0.39 is 45.1 Å². The van der Waals surface area contributed by atoms with E-state index in [9.17, 15) is 27.6 Å². The van der Waals surface area contributed by atoms with Crippen molar-refractivity contribution in [2.45, 2.75) is 32.1 Å². The van der Waals surface area contributed by atoms with Crippen LogP contribution in [0.2, 0.25) is 0 Å². The first kappa shape index (κ1) is 28.6. The van der Waals surface area contributed by atoms with E-state index in [0.29, 0.717) is 22.2 Å². The van der Waals surface area contributed by atoms with Gasteiger partial charge in [0.25, 0.3) is 5.91 Å². The van der Waals surface area contributed by atoms with E-state index in [1.807, 2.05) is 0 Å². The number of esters is 2. The van der Waals surface area contributed by atoms with Gasteiger partial charge in [0.05, 0.1) is 35.6 Å². The van der Waals surface area contributed by atoms with Gasteiger partial charge in [0.2, 0.25) is 5.91 Å². The number of sulfone groups is 1. The zero-order chi connectivity index (χ0) is 28.3. The number of ether oxygens (including phenoxy) is 2. The van der Waals surface area contributed by atoms with E-state index in [-0.39, 0.29) is 15.4 Å². The van der Waals surface area contributed by atoms with Gasteiger partial charge in [-0.05, 0) is 49.4 Å². The Hall–Kier alpha value is -3.36. The monoisotopic (exact) mass is 593 g/mol. The summed E-state index contributed by atoms with van der Waals surface area (Å²) in [6.45, 7) is 0. The maximum absolute atomic E-state index is 12.7. The number of hydrogen-bond acceptors (Lipinski definition) is 10. The molecule has 1 aliphatic carbocycles. The van der Waals surface area contributed by atoms with Gasteiger partial charge in [-0.3, -0.25) is 9.59 Å². The van der Waals surface area contributed by atoms with Gasteiger partial charge in [-0.1, -0.05) is 17.8 Å². The smallest absolute Gasteiger partial charge is 0.341 e. The van der Waals surface area contributed by atoms with Crippen LogP contribution in [0, 0.1) is 0 Å². The zero-order valence-corrected chi connectivity index (χ0v) is 24.0. The highest BCUT2D eigenvalue weighted by molar-refractivity contribution is 7.92. The molecule has 0 bridgehead atoms. The Labute approximate surface area is 232 Å². The number of hydrogen-bond donors (Lipinski definition) is 1. The number of nitrogens with zero attached hydrogens (tertiary/aromatic N) is 2. The molecule has 0 atom stereocenters. The van der Waals surface area contributed by atoms with E-state index in [0.717, 1.165) is 47.5 Å². The fraction of sp³-hybridized carbons (Fsp3) is 0.400. The molecule has 11 nitrogen and oxygen atoms in total. The van der Waals surface area contributed by atoms with Gasteiger partial charge in [0.15, 0.2) is 14.6 Å². The van der Waals surface area contributed by atoms with Gasteiger partial charge in [-0.15, -0.1) is 11.3 Å². The van der Waals surface area contributed by atoms with Crippen molar-refractivity contribution < 1.29 is 37.1 Å². The Kier molecular flexibility index (Phi) is 8.67. The lowest BCUT2D eigenvalue weighted by atomic mass is 10.1. The van der Waals surface area contributed by atoms with Crippen LogP contribution in [-0.4, -0.2) is 62.5 Å². The van der Waals surface area contributed by atoms with E-state index in [1.165, 1.54) is 25.6 Å². The molecule has 4 rings (SSSR count). The number of fused-ring (bicyclic) bond motifs is 2. The van der Waals surface area contributed by atoms with Crippen LogP contribution in [0.25, 0.3) is 10.2 Å². The Balaban J connectivity index is 1.49. The maximum Gasteiger partial charge on any atom is 0.341 e. The summed E-state index contributed by atoms with van der Waals surface area (Å²) in [5.74, 6) is -4.80. The van der Waals surface area contributed by atoms with Crippen molar-refractivity contribution in [2.24, 2.45) is 12.0 Å². The molecule has 2 amide bonds. The first-order chi connectivity index (χ1) is 18.5. The number of carbonyl (C=O) groups is 4. The SMILES string of the molecule is COC(=O)c1ccc2c(c1)sc(=NC(=O)CS(=O)(=O)CC(=O)Nc1sc3c(c1C(=O)OC)CCCCC3)n2C. The lowest BCUT2D eigenvalue weighted by molar-refractivity contribution is -0.115. The van der Waals surface area contributed by atoms with Gasteiger partial charge in [-0.2, -0.15) is 4.99 Å². The highest BCUT2D eigenvalue weighted by Crippen LogP contribution is 2.38. The van der Waals surface area contributed by atoms with Gasteiger partial charge >= 0.3 is 11.9 Å². The Bertz CT molecular complexity index is 1650. The van der Waals surface area contributed by atoms with Crippen LogP contribution in [0.5, 0.6) is 0 Å². The van der Waals surface area contributed by atoms with Crippen molar-refractivity contribution in [3.63, 3.8) is 0 Å². The number of amides is 2.